The Hall–Kier alpha value is -1.79. The molecule has 0 aliphatic carbocycles. The van der Waals surface area contributed by atoms with Gasteiger partial charge in [-0.1, -0.05) is 12.1 Å². The first-order chi connectivity index (χ1) is 11.2. The van der Waals surface area contributed by atoms with Crippen molar-refractivity contribution >= 4 is 29.7 Å². The van der Waals surface area contributed by atoms with E-state index in [-0.39, 0.29) is 18.6 Å². The third-order valence-corrected chi connectivity index (χ3v) is 4.17. The largest absolute Gasteiger partial charge is 0.452 e. The highest BCUT2D eigenvalue weighted by molar-refractivity contribution is 7.98. The number of ether oxygens (including phenoxy) is 2. The number of carbonyl (C=O) groups excluding carboxylic acids is 2. The number of benzene rings is 1. The summed E-state index contributed by atoms with van der Waals surface area (Å²) in [6.45, 7) is 0.938. The molecule has 0 saturated carbocycles. The third kappa shape index (κ3) is 6.46. The highest BCUT2D eigenvalue weighted by Gasteiger charge is 2.16. The average molecular weight is 335 g/mol. The molecule has 0 bridgehead atoms. The zero-order chi connectivity index (χ0) is 16.5. The zero-order valence-corrected chi connectivity index (χ0v) is 13.9. The van der Waals surface area contributed by atoms with Crippen molar-refractivity contribution in [1.82, 2.24) is 5.32 Å². The van der Waals surface area contributed by atoms with Crippen molar-refractivity contribution in [2.45, 2.75) is 23.8 Å². The van der Waals surface area contributed by atoms with Gasteiger partial charge in [0.1, 0.15) is 0 Å². The number of hydrogen-bond acceptors (Lipinski definition) is 5. The van der Waals surface area contributed by atoms with Crippen molar-refractivity contribution in [2.75, 3.05) is 26.0 Å². The van der Waals surface area contributed by atoms with Crippen LogP contribution in [0, 0.1) is 0 Å². The van der Waals surface area contributed by atoms with E-state index < -0.39 is 5.97 Å². The quantitative estimate of drug-likeness (QED) is 0.470. The molecule has 1 aliphatic rings. The monoisotopic (exact) mass is 335 g/mol. The summed E-state index contributed by atoms with van der Waals surface area (Å²) in [5.41, 5.74) is 0.905. The van der Waals surface area contributed by atoms with Crippen LogP contribution < -0.4 is 5.32 Å². The lowest BCUT2D eigenvalue weighted by atomic mass is 10.2. The number of hydrogen-bond donors (Lipinski definition) is 1. The van der Waals surface area contributed by atoms with E-state index in [1.54, 1.807) is 17.8 Å². The smallest absolute Gasteiger partial charge is 0.331 e. The topological polar surface area (TPSA) is 64.6 Å². The fourth-order valence-corrected chi connectivity index (χ4v) is 2.56. The predicted octanol–water partition coefficient (Wildman–Crippen LogP) is 2.26. The summed E-state index contributed by atoms with van der Waals surface area (Å²) >= 11 is 1.66. The Morgan fingerprint density at radius 1 is 1.39 bits per heavy atom. The molecule has 5 nitrogen and oxygen atoms in total. The lowest BCUT2D eigenvalue weighted by molar-refractivity contribution is -0.143. The summed E-state index contributed by atoms with van der Waals surface area (Å²) in [5.74, 6) is -0.849. The molecule has 1 aliphatic heterocycles. The minimum atomic E-state index is -0.536. The Morgan fingerprint density at radius 2 is 2.17 bits per heavy atom. The maximum absolute atomic E-state index is 11.6. The second kappa shape index (κ2) is 9.37. The van der Waals surface area contributed by atoms with Crippen LogP contribution >= 0.6 is 11.8 Å². The molecule has 1 fully saturated rings. The zero-order valence-electron chi connectivity index (χ0n) is 13.1. The van der Waals surface area contributed by atoms with Crippen molar-refractivity contribution in [1.29, 1.82) is 0 Å². The summed E-state index contributed by atoms with van der Waals surface area (Å²) in [7, 11) is 0. The number of thioether (sulfide) groups is 1. The molecular weight excluding hydrogens is 314 g/mol. The first-order valence-electron chi connectivity index (χ1n) is 7.54. The highest BCUT2D eigenvalue weighted by atomic mass is 32.2. The van der Waals surface area contributed by atoms with Crippen LogP contribution in [0.5, 0.6) is 0 Å². The molecule has 2 rings (SSSR count). The Bertz CT molecular complexity index is 550. The molecule has 1 heterocycles. The lowest BCUT2D eigenvalue weighted by Crippen LogP contribution is -2.34. The van der Waals surface area contributed by atoms with Crippen LogP contribution in [0.4, 0.5) is 0 Å². The van der Waals surface area contributed by atoms with Crippen LogP contribution in [-0.2, 0) is 19.1 Å². The first kappa shape index (κ1) is 17.6. The minimum Gasteiger partial charge on any atom is -0.452 e. The Morgan fingerprint density at radius 3 is 2.83 bits per heavy atom. The second-order valence-electron chi connectivity index (χ2n) is 5.15. The van der Waals surface area contributed by atoms with Gasteiger partial charge in [0.05, 0.1) is 6.10 Å². The van der Waals surface area contributed by atoms with Gasteiger partial charge in [-0.15, -0.1) is 11.8 Å². The molecule has 1 N–H and O–H groups in total. The molecule has 1 aromatic carbocycles. The Balaban J connectivity index is 1.66. The summed E-state index contributed by atoms with van der Waals surface area (Å²) < 4.78 is 10.3. The van der Waals surface area contributed by atoms with Gasteiger partial charge in [-0.3, -0.25) is 4.79 Å². The minimum absolute atomic E-state index is 0.0822. The van der Waals surface area contributed by atoms with E-state index >= 15 is 0 Å². The van der Waals surface area contributed by atoms with E-state index in [0.29, 0.717) is 6.54 Å². The Labute approximate surface area is 140 Å². The number of rotatable bonds is 7. The van der Waals surface area contributed by atoms with Crippen molar-refractivity contribution in [3.05, 3.63) is 35.9 Å². The lowest BCUT2D eigenvalue weighted by Gasteiger charge is -2.10. The standard InChI is InChI=1S/C17H21NO4S/c1-23-15-7-4-13(5-8-15)6-9-17(20)22-12-16(19)18-11-14-3-2-10-21-14/h4-9,14H,2-3,10-12H2,1H3,(H,18,19)/b9-6+. The second-order valence-corrected chi connectivity index (χ2v) is 6.03. The van der Waals surface area contributed by atoms with Crippen LogP contribution in [-0.4, -0.2) is 44.0 Å². The molecule has 0 radical (unpaired) electrons. The summed E-state index contributed by atoms with van der Waals surface area (Å²) in [4.78, 5) is 24.3. The average Bonchev–Trinajstić information content (AvgIpc) is 3.10. The van der Waals surface area contributed by atoms with E-state index in [2.05, 4.69) is 5.32 Å². The van der Waals surface area contributed by atoms with Crippen molar-refractivity contribution in [2.24, 2.45) is 0 Å². The van der Waals surface area contributed by atoms with Gasteiger partial charge in [-0.2, -0.15) is 0 Å². The molecule has 1 aromatic rings. The van der Waals surface area contributed by atoms with E-state index in [0.717, 1.165) is 29.9 Å². The molecule has 1 amide bonds. The molecule has 0 spiro atoms. The van der Waals surface area contributed by atoms with E-state index in [9.17, 15) is 9.59 Å². The van der Waals surface area contributed by atoms with Gasteiger partial charge in [0, 0.05) is 24.1 Å². The predicted molar refractivity (Wildman–Crippen MR) is 90.2 cm³/mol. The number of amides is 1. The van der Waals surface area contributed by atoms with Crippen LogP contribution in [0.15, 0.2) is 35.2 Å². The normalized spacial score (nSPS) is 17.3. The van der Waals surface area contributed by atoms with Gasteiger partial charge < -0.3 is 14.8 Å². The molecular formula is C17H21NO4S. The van der Waals surface area contributed by atoms with Crippen molar-refractivity contribution in [3.8, 4) is 0 Å². The van der Waals surface area contributed by atoms with Gasteiger partial charge in [0.15, 0.2) is 6.61 Å². The number of esters is 1. The van der Waals surface area contributed by atoms with Crippen molar-refractivity contribution in [3.63, 3.8) is 0 Å². The third-order valence-electron chi connectivity index (χ3n) is 3.42. The van der Waals surface area contributed by atoms with Crippen LogP contribution in [0.25, 0.3) is 6.08 Å². The maximum Gasteiger partial charge on any atom is 0.331 e. The fraction of sp³-hybridized carbons (Fsp3) is 0.412. The molecule has 6 heteroatoms. The van der Waals surface area contributed by atoms with Gasteiger partial charge in [-0.25, -0.2) is 4.79 Å². The molecule has 1 saturated heterocycles. The van der Waals surface area contributed by atoms with Gasteiger partial charge in [0.2, 0.25) is 0 Å². The SMILES string of the molecule is CSc1ccc(/C=C/C(=O)OCC(=O)NCC2CCCO2)cc1. The summed E-state index contributed by atoms with van der Waals surface area (Å²) in [5, 5.41) is 2.70. The van der Waals surface area contributed by atoms with Gasteiger partial charge >= 0.3 is 5.97 Å². The van der Waals surface area contributed by atoms with Gasteiger partial charge in [0.25, 0.3) is 5.91 Å². The maximum atomic E-state index is 11.6. The van der Waals surface area contributed by atoms with E-state index in [1.165, 1.54) is 6.08 Å². The van der Waals surface area contributed by atoms with E-state index in [4.69, 9.17) is 9.47 Å². The highest BCUT2D eigenvalue weighted by Crippen LogP contribution is 2.15. The fourth-order valence-electron chi connectivity index (χ4n) is 2.15. The summed E-state index contributed by atoms with van der Waals surface area (Å²) in [6.07, 6.45) is 7.06. The molecule has 1 unspecified atom stereocenters. The van der Waals surface area contributed by atoms with Crippen LogP contribution in [0.1, 0.15) is 18.4 Å². The molecule has 23 heavy (non-hydrogen) atoms. The van der Waals surface area contributed by atoms with Crippen LogP contribution in [0.3, 0.4) is 0 Å². The van der Waals surface area contributed by atoms with E-state index in [1.807, 2.05) is 30.5 Å². The molecule has 0 aromatic heterocycles. The molecule has 124 valence electrons. The van der Waals surface area contributed by atoms with Crippen LogP contribution in [0.2, 0.25) is 0 Å². The van der Waals surface area contributed by atoms with Gasteiger partial charge in [-0.05, 0) is 42.9 Å². The Kier molecular flexibility index (Phi) is 7.16. The molecule has 1 atom stereocenters. The number of carbonyl (C=O) groups is 2. The summed E-state index contributed by atoms with van der Waals surface area (Å²) in [6, 6.07) is 7.80. The van der Waals surface area contributed by atoms with Crippen molar-refractivity contribution < 1.29 is 19.1 Å². The first-order valence-corrected chi connectivity index (χ1v) is 8.77. The number of nitrogens with one attached hydrogen (secondary N) is 1.